The number of esters is 1. The molecule has 3 nitrogen and oxygen atoms in total. The molecular formula is C4H10O3Po. The van der Waals surface area contributed by atoms with Crippen molar-refractivity contribution in [3.05, 3.63) is 0 Å². The van der Waals surface area contributed by atoms with E-state index in [1.54, 1.807) is 0 Å². The second-order valence-electron chi connectivity index (χ2n) is 1.06. The van der Waals surface area contributed by atoms with Crippen molar-refractivity contribution in [3.63, 3.8) is 0 Å². The number of carbonyl (C=O) groups is 1. The summed E-state index contributed by atoms with van der Waals surface area (Å²) in [6, 6.07) is 0. The van der Waals surface area contributed by atoms with Gasteiger partial charge in [-0.15, -0.1) is 0 Å². The fourth-order valence-electron chi connectivity index (χ4n) is 0.189. The standard InChI is InChI=1S/C4H8O3.Po.2H/c1-4(6)7-3-2-5;;;/h5H,2-3H2,1H3;;;. The van der Waals surface area contributed by atoms with Crippen LogP contribution in [0, 0.1) is 0 Å². The zero-order valence-electron chi connectivity index (χ0n) is 4.68. The van der Waals surface area contributed by atoms with Gasteiger partial charge in [0.2, 0.25) is 0 Å². The van der Waals surface area contributed by atoms with E-state index >= 15 is 0 Å². The first kappa shape index (κ1) is 11.2. The average molecular weight is 315 g/mol. The molecule has 0 aromatic carbocycles. The molecular weight excluding hydrogens is 305 g/mol. The molecule has 0 aromatic heterocycles. The summed E-state index contributed by atoms with van der Waals surface area (Å²) in [5.74, 6) is -0.353. The van der Waals surface area contributed by atoms with Gasteiger partial charge in [0.1, 0.15) is 6.61 Å². The van der Waals surface area contributed by atoms with Gasteiger partial charge in [0, 0.05) is 6.92 Å². The number of hydrogen-bond donors (Lipinski definition) is 1. The van der Waals surface area contributed by atoms with Crippen molar-refractivity contribution in [3.8, 4) is 0 Å². The molecule has 1 N–H and O–H groups in total. The summed E-state index contributed by atoms with van der Waals surface area (Å²) in [5, 5.41) is 8.04. The van der Waals surface area contributed by atoms with Gasteiger partial charge < -0.3 is 9.84 Å². The Hall–Kier alpha value is 0.326. The molecule has 0 spiro atoms. The van der Waals surface area contributed by atoms with Gasteiger partial charge in [0.25, 0.3) is 0 Å². The van der Waals surface area contributed by atoms with Crippen molar-refractivity contribution in [2.45, 2.75) is 6.92 Å². The van der Waals surface area contributed by atoms with E-state index in [9.17, 15) is 4.79 Å². The van der Waals surface area contributed by atoms with E-state index in [1.165, 1.54) is 6.92 Å². The molecule has 0 aromatic rings. The maximum atomic E-state index is 9.87. The normalized spacial score (nSPS) is 7.25. The first-order valence-electron chi connectivity index (χ1n) is 2.01. The molecule has 0 radical (unpaired) electrons. The Kier molecular flexibility index (Phi) is 10.2. The summed E-state index contributed by atoms with van der Waals surface area (Å²) in [6.07, 6.45) is 0. The minimum atomic E-state index is -0.353. The fourth-order valence-corrected chi connectivity index (χ4v) is 0.189. The Morgan fingerprint density at radius 1 is 1.75 bits per heavy atom. The van der Waals surface area contributed by atoms with E-state index in [2.05, 4.69) is 4.74 Å². The Bertz CT molecular complexity index is 64.3. The third-order valence-corrected chi connectivity index (χ3v) is 0.397. The average Bonchev–Trinajstić information content (AvgIpc) is 1.61. The van der Waals surface area contributed by atoms with Crippen molar-refractivity contribution < 1.29 is 14.6 Å². The number of aliphatic hydroxyl groups is 1. The summed E-state index contributed by atoms with van der Waals surface area (Å²) < 4.78 is 4.30. The Morgan fingerprint density at radius 2 is 2.25 bits per heavy atom. The van der Waals surface area contributed by atoms with Gasteiger partial charge in [-0.05, 0) is 0 Å². The van der Waals surface area contributed by atoms with E-state index in [-0.39, 0.29) is 45.7 Å². The van der Waals surface area contributed by atoms with Crippen molar-refractivity contribution >= 4 is 32.5 Å². The molecule has 0 saturated carbocycles. The Balaban J connectivity index is 0. The van der Waals surface area contributed by atoms with Crippen LogP contribution in [0.1, 0.15) is 6.92 Å². The van der Waals surface area contributed by atoms with Crippen LogP contribution in [-0.2, 0) is 9.53 Å². The first-order valence-corrected chi connectivity index (χ1v) is 2.01. The summed E-state index contributed by atoms with van der Waals surface area (Å²) in [6.45, 7) is 1.31. The summed E-state index contributed by atoms with van der Waals surface area (Å²) >= 11 is 0. The van der Waals surface area contributed by atoms with E-state index in [4.69, 9.17) is 5.11 Å². The van der Waals surface area contributed by atoms with Gasteiger partial charge in [-0.2, -0.15) is 0 Å². The van der Waals surface area contributed by atoms with Crippen LogP contribution < -0.4 is 0 Å². The van der Waals surface area contributed by atoms with Crippen molar-refractivity contribution in [2.75, 3.05) is 13.2 Å². The molecule has 0 aliphatic heterocycles. The molecule has 0 heterocycles. The van der Waals surface area contributed by atoms with Gasteiger partial charge in [-0.3, -0.25) is 4.79 Å². The number of aliphatic hydroxyl groups excluding tert-OH is 1. The molecule has 0 atom stereocenters. The van der Waals surface area contributed by atoms with E-state index in [0.29, 0.717) is 0 Å². The van der Waals surface area contributed by atoms with Crippen LogP contribution in [0.4, 0.5) is 0 Å². The van der Waals surface area contributed by atoms with E-state index in [1.807, 2.05) is 0 Å². The van der Waals surface area contributed by atoms with Crippen LogP contribution in [0.2, 0.25) is 0 Å². The Labute approximate surface area is 67.5 Å². The van der Waals surface area contributed by atoms with Gasteiger partial charge in [-0.1, -0.05) is 0 Å². The fraction of sp³-hybridized carbons (Fsp3) is 0.750. The summed E-state index contributed by atoms with van der Waals surface area (Å²) in [7, 11) is 0. The molecule has 4 heteroatoms. The van der Waals surface area contributed by atoms with Crippen LogP contribution in [0.3, 0.4) is 0 Å². The predicted molar refractivity (Wildman–Crippen MR) is 32.3 cm³/mol. The van der Waals surface area contributed by atoms with E-state index < -0.39 is 0 Å². The van der Waals surface area contributed by atoms with Crippen LogP contribution in [0.15, 0.2) is 0 Å². The molecule has 0 saturated heterocycles. The number of carbonyl (C=O) groups excluding carboxylic acids is 1. The molecule has 0 aliphatic rings. The molecule has 50 valence electrons. The maximum absolute atomic E-state index is 9.87. The van der Waals surface area contributed by atoms with E-state index in [0.717, 1.165) is 0 Å². The topological polar surface area (TPSA) is 46.5 Å². The molecule has 0 fully saturated rings. The van der Waals surface area contributed by atoms with Gasteiger partial charge >= 0.3 is 32.5 Å². The first-order chi connectivity index (χ1) is 3.27. The number of rotatable bonds is 2. The monoisotopic (exact) mass is 315 g/mol. The molecule has 0 aliphatic carbocycles. The van der Waals surface area contributed by atoms with Crippen molar-refractivity contribution in [2.24, 2.45) is 0 Å². The zero-order valence-corrected chi connectivity index (χ0v) is 8.57. The van der Waals surface area contributed by atoms with Crippen molar-refractivity contribution in [1.29, 1.82) is 0 Å². The van der Waals surface area contributed by atoms with Gasteiger partial charge in [-0.25, -0.2) is 0 Å². The van der Waals surface area contributed by atoms with Crippen LogP contribution in [0.25, 0.3) is 0 Å². The molecule has 0 rings (SSSR count). The molecule has 8 heavy (non-hydrogen) atoms. The number of ether oxygens (including phenoxy) is 1. The molecule has 0 bridgehead atoms. The Morgan fingerprint density at radius 3 is 2.38 bits per heavy atom. The SMILES string of the molecule is CC(=O)OCCO.[PoH2]. The molecule has 0 unspecified atom stereocenters. The second kappa shape index (κ2) is 7.33. The minimum absolute atomic E-state index is 0. The third kappa shape index (κ3) is 9.59. The summed E-state index contributed by atoms with van der Waals surface area (Å²) in [5.41, 5.74) is 0. The molecule has 0 amide bonds. The summed E-state index contributed by atoms with van der Waals surface area (Å²) in [4.78, 5) is 9.87. The van der Waals surface area contributed by atoms with Crippen molar-refractivity contribution in [1.82, 2.24) is 0 Å². The van der Waals surface area contributed by atoms with Gasteiger partial charge in [0.15, 0.2) is 0 Å². The van der Waals surface area contributed by atoms with Crippen LogP contribution in [-0.4, -0.2) is 50.9 Å². The number of hydrogen-bond acceptors (Lipinski definition) is 3. The zero-order chi connectivity index (χ0) is 5.70. The third-order valence-electron chi connectivity index (χ3n) is 0.397. The van der Waals surface area contributed by atoms with Gasteiger partial charge in [0.05, 0.1) is 6.61 Å². The van der Waals surface area contributed by atoms with Crippen LogP contribution >= 0.6 is 0 Å². The van der Waals surface area contributed by atoms with Crippen LogP contribution in [0.5, 0.6) is 0 Å². The predicted octanol–water partition coefficient (Wildman–Crippen LogP) is -1.37. The quantitative estimate of drug-likeness (QED) is 0.640. The second-order valence-corrected chi connectivity index (χ2v) is 1.06.